The van der Waals surface area contributed by atoms with E-state index in [1.54, 1.807) is 0 Å². The molecule has 0 aliphatic rings. The first-order valence-corrected chi connectivity index (χ1v) is 13.4. The first-order valence-electron chi connectivity index (χ1n) is 13.4. The van der Waals surface area contributed by atoms with Crippen LogP contribution >= 0.6 is 0 Å². The van der Waals surface area contributed by atoms with Crippen molar-refractivity contribution in [2.75, 3.05) is 39.3 Å². The molecule has 4 heteroatoms. The second kappa shape index (κ2) is 16.5. The Kier molecular flexibility index (Phi) is 16.4. The first kappa shape index (κ1) is 30.8. The van der Waals surface area contributed by atoms with Gasteiger partial charge in [-0.1, -0.05) is 0 Å². The van der Waals surface area contributed by atoms with E-state index in [-0.39, 0.29) is 0 Å². The summed E-state index contributed by atoms with van der Waals surface area (Å²) in [6, 6.07) is 3.78. The number of rotatable bonds is 18. The third kappa shape index (κ3) is 13.2. The fourth-order valence-corrected chi connectivity index (χ4v) is 5.10. The molecule has 0 aliphatic carbocycles. The molecule has 188 valence electrons. The predicted octanol–water partition coefficient (Wildman–Crippen LogP) is 5.82. The van der Waals surface area contributed by atoms with Crippen LogP contribution in [0.1, 0.15) is 102 Å². The highest BCUT2D eigenvalue weighted by molar-refractivity contribution is 4.73. The summed E-state index contributed by atoms with van der Waals surface area (Å²) in [4.78, 5) is 10.7. The maximum absolute atomic E-state index is 2.75. The van der Waals surface area contributed by atoms with E-state index in [4.69, 9.17) is 0 Å². The average Bonchev–Trinajstić information content (AvgIpc) is 2.62. The molecule has 4 nitrogen and oxygen atoms in total. The third-order valence-electron chi connectivity index (χ3n) is 6.65. The van der Waals surface area contributed by atoms with Gasteiger partial charge >= 0.3 is 0 Å². The summed E-state index contributed by atoms with van der Waals surface area (Å²) in [5, 5.41) is 0. The molecule has 0 aromatic rings. The Hall–Kier alpha value is -0.160. The zero-order valence-corrected chi connectivity index (χ0v) is 23.6. The molecule has 0 amide bonds. The quantitative estimate of drug-likeness (QED) is 0.266. The van der Waals surface area contributed by atoms with Gasteiger partial charge in [0.2, 0.25) is 0 Å². The lowest BCUT2D eigenvalue weighted by atomic mass is 10.2. The fraction of sp³-hybridized carbons (Fsp3) is 1.00. The van der Waals surface area contributed by atoms with E-state index in [1.165, 1.54) is 58.5 Å². The van der Waals surface area contributed by atoms with Crippen LogP contribution in [0.4, 0.5) is 0 Å². The van der Waals surface area contributed by atoms with Gasteiger partial charge in [-0.2, -0.15) is 0 Å². The Morgan fingerprint density at radius 1 is 0.323 bits per heavy atom. The minimum absolute atomic E-state index is 0.629. The van der Waals surface area contributed by atoms with Crippen LogP contribution < -0.4 is 0 Å². The van der Waals surface area contributed by atoms with E-state index in [9.17, 15) is 0 Å². The summed E-state index contributed by atoms with van der Waals surface area (Å²) in [6.07, 6.45) is 3.81. The minimum atomic E-state index is 0.629. The van der Waals surface area contributed by atoms with E-state index in [2.05, 4.69) is 103 Å². The van der Waals surface area contributed by atoms with Crippen molar-refractivity contribution in [3.05, 3.63) is 0 Å². The van der Waals surface area contributed by atoms with E-state index >= 15 is 0 Å². The van der Waals surface area contributed by atoms with Gasteiger partial charge in [-0.3, -0.25) is 14.7 Å². The minimum Gasteiger partial charge on any atom is -0.303 e. The van der Waals surface area contributed by atoms with Crippen molar-refractivity contribution >= 4 is 0 Å². The monoisotopic (exact) mass is 440 g/mol. The van der Waals surface area contributed by atoms with E-state index in [1.807, 2.05) is 0 Å². The van der Waals surface area contributed by atoms with Crippen LogP contribution in [0.2, 0.25) is 0 Å². The zero-order valence-electron chi connectivity index (χ0n) is 23.6. The van der Waals surface area contributed by atoms with Crippen LogP contribution in [0, 0.1) is 0 Å². The first-order chi connectivity index (χ1) is 14.4. The zero-order chi connectivity index (χ0) is 24.1. The van der Waals surface area contributed by atoms with Gasteiger partial charge in [-0.15, -0.1) is 0 Å². The van der Waals surface area contributed by atoms with Crippen molar-refractivity contribution in [3.8, 4) is 0 Å². The Balaban J connectivity index is 4.80. The van der Waals surface area contributed by atoms with Gasteiger partial charge in [0.1, 0.15) is 0 Å². The van der Waals surface area contributed by atoms with Crippen LogP contribution in [-0.4, -0.2) is 95.1 Å². The number of hydrogen-bond acceptors (Lipinski definition) is 4. The SMILES string of the molecule is CC(C)N(CCCN(CCCN(C(C)C)C(C)C)CCCN(C(C)C)C(C)C)C(C)C. The molecule has 0 rings (SSSR count). The Labute approximate surface area is 197 Å². The van der Waals surface area contributed by atoms with E-state index in [0.29, 0.717) is 36.3 Å². The van der Waals surface area contributed by atoms with Gasteiger partial charge < -0.3 is 4.90 Å². The summed E-state index contributed by atoms with van der Waals surface area (Å²) < 4.78 is 0. The van der Waals surface area contributed by atoms with Gasteiger partial charge in [-0.25, -0.2) is 0 Å². The van der Waals surface area contributed by atoms with Gasteiger partial charge in [0.05, 0.1) is 0 Å². The molecule has 0 unspecified atom stereocenters. The number of nitrogens with zero attached hydrogens (tertiary/aromatic N) is 4. The van der Waals surface area contributed by atoms with Gasteiger partial charge in [-0.05, 0) is 142 Å². The maximum Gasteiger partial charge on any atom is 0.00413 e. The van der Waals surface area contributed by atoms with Crippen molar-refractivity contribution in [3.63, 3.8) is 0 Å². The van der Waals surface area contributed by atoms with Crippen LogP contribution in [0.15, 0.2) is 0 Å². The fourth-order valence-electron chi connectivity index (χ4n) is 5.10. The van der Waals surface area contributed by atoms with Crippen molar-refractivity contribution in [1.82, 2.24) is 19.6 Å². The number of hydrogen-bond donors (Lipinski definition) is 0. The summed E-state index contributed by atoms with van der Waals surface area (Å²) in [6.45, 7) is 35.3. The highest BCUT2D eigenvalue weighted by Crippen LogP contribution is 2.10. The molecule has 0 spiro atoms. The largest absolute Gasteiger partial charge is 0.303 e. The van der Waals surface area contributed by atoms with Crippen molar-refractivity contribution in [2.24, 2.45) is 0 Å². The molecule has 31 heavy (non-hydrogen) atoms. The van der Waals surface area contributed by atoms with Crippen molar-refractivity contribution < 1.29 is 0 Å². The standard InChI is InChI=1S/C27H60N4/c1-22(2)29(23(3)4)19-13-16-28(17-14-20-30(24(5)6)25(7)8)18-15-21-31(26(9)10)27(11)12/h22-27H,13-21H2,1-12H3. The molecular weight excluding hydrogens is 380 g/mol. The summed E-state index contributed by atoms with van der Waals surface area (Å²) in [5.41, 5.74) is 0. The van der Waals surface area contributed by atoms with Crippen molar-refractivity contribution in [2.45, 2.75) is 139 Å². The van der Waals surface area contributed by atoms with Crippen LogP contribution in [0.5, 0.6) is 0 Å². The molecule has 0 heterocycles. The van der Waals surface area contributed by atoms with Gasteiger partial charge in [0.25, 0.3) is 0 Å². The molecule has 0 atom stereocenters. The molecule has 0 saturated heterocycles. The normalized spacial score (nSPS) is 13.4. The molecule has 0 aromatic carbocycles. The highest BCUT2D eigenvalue weighted by atomic mass is 15.2. The molecule has 0 saturated carbocycles. The highest BCUT2D eigenvalue weighted by Gasteiger charge is 2.17. The van der Waals surface area contributed by atoms with E-state index < -0.39 is 0 Å². The van der Waals surface area contributed by atoms with Crippen LogP contribution in [0.3, 0.4) is 0 Å². The molecule has 0 aromatic heterocycles. The summed E-state index contributed by atoms with van der Waals surface area (Å²) in [5.74, 6) is 0. The molecule has 0 radical (unpaired) electrons. The molecule has 0 aliphatic heterocycles. The summed E-state index contributed by atoms with van der Waals surface area (Å²) >= 11 is 0. The lowest BCUT2D eigenvalue weighted by Gasteiger charge is -2.34. The Morgan fingerprint density at radius 2 is 0.516 bits per heavy atom. The Bertz CT molecular complexity index is 332. The van der Waals surface area contributed by atoms with Gasteiger partial charge in [0, 0.05) is 36.3 Å². The van der Waals surface area contributed by atoms with Crippen molar-refractivity contribution in [1.29, 1.82) is 0 Å². The summed E-state index contributed by atoms with van der Waals surface area (Å²) in [7, 11) is 0. The third-order valence-corrected chi connectivity index (χ3v) is 6.65. The average molecular weight is 441 g/mol. The second-order valence-electron chi connectivity index (χ2n) is 11.2. The lowest BCUT2D eigenvalue weighted by molar-refractivity contribution is 0.137. The Morgan fingerprint density at radius 3 is 0.677 bits per heavy atom. The smallest absolute Gasteiger partial charge is 0.00413 e. The predicted molar refractivity (Wildman–Crippen MR) is 141 cm³/mol. The second-order valence-corrected chi connectivity index (χ2v) is 11.2. The van der Waals surface area contributed by atoms with Crippen LogP contribution in [-0.2, 0) is 0 Å². The van der Waals surface area contributed by atoms with Gasteiger partial charge in [0.15, 0.2) is 0 Å². The van der Waals surface area contributed by atoms with Crippen LogP contribution in [0.25, 0.3) is 0 Å². The molecule has 0 bridgehead atoms. The lowest BCUT2D eigenvalue weighted by Crippen LogP contribution is -2.41. The maximum atomic E-state index is 2.75. The molecule has 0 N–H and O–H groups in total. The molecule has 0 fully saturated rings. The van der Waals surface area contributed by atoms with E-state index in [0.717, 1.165) is 0 Å². The molecular formula is C27H60N4. The topological polar surface area (TPSA) is 13.0 Å².